The maximum atomic E-state index is 9.58. The van der Waals surface area contributed by atoms with Gasteiger partial charge in [-0.2, -0.15) is 0 Å². The van der Waals surface area contributed by atoms with Gasteiger partial charge in [0.05, 0.1) is 5.69 Å². The van der Waals surface area contributed by atoms with Gasteiger partial charge in [0.15, 0.2) is 0 Å². The fraction of sp³-hybridized carbons (Fsp3) is 0.545. The lowest BCUT2D eigenvalue weighted by Gasteiger charge is -2.43. The molecule has 28 heavy (non-hydrogen) atoms. The Hall–Kier alpha value is -2.18. The normalized spacial score (nSPS) is 19.7. The molecule has 6 heteroatoms. The second kappa shape index (κ2) is 8.45. The van der Waals surface area contributed by atoms with E-state index in [4.69, 9.17) is 4.74 Å². The van der Waals surface area contributed by atoms with Crippen molar-refractivity contribution in [1.82, 2.24) is 14.9 Å². The Labute approximate surface area is 167 Å². The van der Waals surface area contributed by atoms with Crippen molar-refractivity contribution in [2.45, 2.75) is 39.3 Å². The van der Waals surface area contributed by atoms with Crippen LogP contribution in [0.2, 0.25) is 0 Å². The van der Waals surface area contributed by atoms with E-state index >= 15 is 0 Å². The van der Waals surface area contributed by atoms with Crippen molar-refractivity contribution in [3.8, 4) is 5.75 Å². The van der Waals surface area contributed by atoms with Crippen LogP contribution in [0.15, 0.2) is 30.6 Å². The molecule has 3 heterocycles. The summed E-state index contributed by atoms with van der Waals surface area (Å²) in [4.78, 5) is 14.1. The summed E-state index contributed by atoms with van der Waals surface area (Å²) in [6.45, 7) is 9.11. The highest BCUT2D eigenvalue weighted by Crippen LogP contribution is 2.32. The van der Waals surface area contributed by atoms with E-state index in [1.165, 1.54) is 11.1 Å². The standard InChI is InChI=1S/C22H30N4O2/c1-16(2)12-25-8-9-26(13-18(25)7-10-27)22-19-11-17-5-3-4-6-21(17)28-14-20(19)23-15-24-22/h3-6,15-16,18,27H,7-14H2,1-2H3/t18-/m0/s1. The summed E-state index contributed by atoms with van der Waals surface area (Å²) in [5.41, 5.74) is 3.33. The number of aromatic nitrogens is 2. The van der Waals surface area contributed by atoms with Gasteiger partial charge in [0.25, 0.3) is 0 Å². The number of anilines is 1. The monoisotopic (exact) mass is 382 g/mol. The Balaban J connectivity index is 1.61. The molecule has 0 amide bonds. The van der Waals surface area contributed by atoms with Gasteiger partial charge in [-0.25, -0.2) is 9.97 Å². The minimum absolute atomic E-state index is 0.218. The molecule has 0 unspecified atom stereocenters. The zero-order chi connectivity index (χ0) is 19.5. The number of aliphatic hydroxyl groups is 1. The summed E-state index contributed by atoms with van der Waals surface area (Å²) < 4.78 is 5.99. The van der Waals surface area contributed by atoms with Crippen molar-refractivity contribution in [3.63, 3.8) is 0 Å². The zero-order valence-electron chi connectivity index (χ0n) is 16.8. The van der Waals surface area contributed by atoms with Crippen molar-refractivity contribution >= 4 is 5.82 Å². The Morgan fingerprint density at radius 1 is 1.21 bits per heavy atom. The molecule has 2 aliphatic heterocycles. The molecule has 2 aliphatic rings. The van der Waals surface area contributed by atoms with Crippen molar-refractivity contribution in [2.24, 2.45) is 5.92 Å². The smallest absolute Gasteiger partial charge is 0.136 e. The summed E-state index contributed by atoms with van der Waals surface area (Å²) in [6, 6.07) is 8.56. The second-order valence-corrected chi connectivity index (χ2v) is 8.20. The first-order chi connectivity index (χ1) is 13.7. The molecule has 1 aromatic heterocycles. The Kier molecular flexibility index (Phi) is 5.78. The van der Waals surface area contributed by atoms with Gasteiger partial charge in [-0.1, -0.05) is 32.0 Å². The topological polar surface area (TPSA) is 61.7 Å². The van der Waals surface area contributed by atoms with E-state index in [0.717, 1.165) is 56.3 Å². The predicted molar refractivity (Wildman–Crippen MR) is 110 cm³/mol. The third-order valence-corrected chi connectivity index (χ3v) is 5.68. The van der Waals surface area contributed by atoms with Crippen LogP contribution in [0.4, 0.5) is 5.82 Å². The van der Waals surface area contributed by atoms with Crippen molar-refractivity contribution in [1.29, 1.82) is 0 Å². The average molecular weight is 383 g/mol. The fourth-order valence-electron chi connectivity index (χ4n) is 4.36. The number of benzene rings is 1. The summed E-state index contributed by atoms with van der Waals surface area (Å²) in [5.74, 6) is 2.58. The molecule has 1 atom stereocenters. The minimum Gasteiger partial charge on any atom is -0.487 e. The van der Waals surface area contributed by atoms with Gasteiger partial charge in [0.1, 0.15) is 24.5 Å². The van der Waals surface area contributed by atoms with Gasteiger partial charge in [0.2, 0.25) is 0 Å². The SMILES string of the molecule is CC(C)CN1CCN(c2ncnc3c2Cc2ccccc2OC3)C[C@@H]1CCO. The van der Waals surface area contributed by atoms with Gasteiger partial charge in [-0.05, 0) is 24.0 Å². The molecule has 0 radical (unpaired) electrons. The van der Waals surface area contributed by atoms with E-state index in [1.807, 2.05) is 12.1 Å². The number of hydrogen-bond acceptors (Lipinski definition) is 6. The molecule has 6 nitrogen and oxygen atoms in total. The summed E-state index contributed by atoms with van der Waals surface area (Å²) in [7, 11) is 0. The van der Waals surface area contributed by atoms with Crippen LogP contribution in [0.25, 0.3) is 0 Å². The first-order valence-corrected chi connectivity index (χ1v) is 10.3. The molecule has 0 spiro atoms. The molecule has 1 fully saturated rings. The van der Waals surface area contributed by atoms with Crippen LogP contribution >= 0.6 is 0 Å². The van der Waals surface area contributed by atoms with Gasteiger partial charge >= 0.3 is 0 Å². The number of nitrogens with zero attached hydrogens (tertiary/aromatic N) is 4. The van der Waals surface area contributed by atoms with Crippen molar-refractivity contribution < 1.29 is 9.84 Å². The molecular formula is C22H30N4O2. The van der Waals surface area contributed by atoms with E-state index in [0.29, 0.717) is 18.6 Å². The third kappa shape index (κ3) is 3.98. The van der Waals surface area contributed by atoms with Gasteiger partial charge < -0.3 is 14.7 Å². The van der Waals surface area contributed by atoms with Crippen LogP contribution in [0, 0.1) is 5.92 Å². The van der Waals surface area contributed by atoms with Crippen LogP contribution in [-0.4, -0.2) is 58.8 Å². The van der Waals surface area contributed by atoms with E-state index in [1.54, 1.807) is 6.33 Å². The van der Waals surface area contributed by atoms with Gasteiger partial charge in [-0.3, -0.25) is 4.90 Å². The molecule has 0 bridgehead atoms. The van der Waals surface area contributed by atoms with Crippen LogP contribution < -0.4 is 9.64 Å². The quantitative estimate of drug-likeness (QED) is 0.857. The van der Waals surface area contributed by atoms with E-state index < -0.39 is 0 Å². The highest BCUT2D eigenvalue weighted by molar-refractivity contribution is 5.53. The Bertz CT molecular complexity index is 811. The lowest BCUT2D eigenvalue weighted by Crippen LogP contribution is -2.54. The summed E-state index contributed by atoms with van der Waals surface area (Å²) >= 11 is 0. The van der Waals surface area contributed by atoms with Crippen LogP contribution in [0.1, 0.15) is 37.1 Å². The van der Waals surface area contributed by atoms with E-state index in [-0.39, 0.29) is 6.61 Å². The molecule has 0 aliphatic carbocycles. The Morgan fingerprint density at radius 3 is 2.89 bits per heavy atom. The Morgan fingerprint density at radius 2 is 2.07 bits per heavy atom. The lowest BCUT2D eigenvalue weighted by atomic mass is 10.0. The third-order valence-electron chi connectivity index (χ3n) is 5.68. The molecule has 0 saturated carbocycles. The number of fused-ring (bicyclic) bond motifs is 2. The van der Waals surface area contributed by atoms with Crippen LogP contribution in [0.3, 0.4) is 0 Å². The molecule has 2 aromatic rings. The molecule has 150 valence electrons. The number of hydrogen-bond donors (Lipinski definition) is 1. The maximum Gasteiger partial charge on any atom is 0.136 e. The predicted octanol–water partition coefficient (Wildman–Crippen LogP) is 2.49. The first kappa shape index (κ1) is 19.2. The molecule has 1 saturated heterocycles. The van der Waals surface area contributed by atoms with Crippen LogP contribution in [-0.2, 0) is 13.0 Å². The van der Waals surface area contributed by atoms with E-state index in [2.05, 4.69) is 45.7 Å². The van der Waals surface area contributed by atoms with Crippen molar-refractivity contribution in [3.05, 3.63) is 47.4 Å². The molecular weight excluding hydrogens is 352 g/mol. The molecule has 1 N–H and O–H groups in total. The minimum atomic E-state index is 0.218. The number of aliphatic hydroxyl groups excluding tert-OH is 1. The van der Waals surface area contributed by atoms with Gasteiger partial charge in [-0.15, -0.1) is 0 Å². The highest BCUT2D eigenvalue weighted by Gasteiger charge is 2.30. The number of rotatable bonds is 5. The maximum absolute atomic E-state index is 9.58. The molecule has 1 aromatic carbocycles. The number of ether oxygens (including phenoxy) is 1. The van der Waals surface area contributed by atoms with Crippen LogP contribution in [0.5, 0.6) is 5.75 Å². The second-order valence-electron chi connectivity index (χ2n) is 8.20. The fourth-order valence-corrected chi connectivity index (χ4v) is 4.36. The lowest BCUT2D eigenvalue weighted by molar-refractivity contribution is 0.128. The number of para-hydroxylation sites is 1. The summed E-state index contributed by atoms with van der Waals surface area (Å²) in [5, 5.41) is 9.58. The first-order valence-electron chi connectivity index (χ1n) is 10.3. The molecule has 4 rings (SSSR count). The van der Waals surface area contributed by atoms with Gasteiger partial charge in [0, 0.05) is 50.8 Å². The largest absolute Gasteiger partial charge is 0.487 e. The average Bonchev–Trinajstić information content (AvgIpc) is 2.88. The van der Waals surface area contributed by atoms with Crippen molar-refractivity contribution in [2.75, 3.05) is 37.7 Å². The van der Waals surface area contributed by atoms with E-state index in [9.17, 15) is 5.11 Å². The summed E-state index contributed by atoms with van der Waals surface area (Å²) in [6.07, 6.45) is 3.25. The zero-order valence-corrected chi connectivity index (χ0v) is 16.8. The highest BCUT2D eigenvalue weighted by atomic mass is 16.5. The number of piperazine rings is 1.